The average Bonchev–Trinajstić information content (AvgIpc) is 3.00. The van der Waals surface area contributed by atoms with E-state index in [1.807, 2.05) is 25.3 Å². The molecule has 3 aromatic rings. The molecule has 0 radical (unpaired) electrons. The number of aromatic nitrogens is 1. The third-order valence-corrected chi connectivity index (χ3v) is 7.45. The van der Waals surface area contributed by atoms with Crippen LogP contribution in [-0.2, 0) is 21.9 Å². The lowest BCUT2D eigenvalue weighted by atomic mass is 10.2. The van der Waals surface area contributed by atoms with E-state index in [4.69, 9.17) is 4.42 Å². The number of aryl methyl sites for hydroxylation is 2. The molecule has 8 nitrogen and oxygen atoms in total. The topological polar surface area (TPSA) is 110 Å². The molecule has 2 N–H and O–H groups in total. The summed E-state index contributed by atoms with van der Waals surface area (Å²) in [6.07, 6.45) is 2.18. The van der Waals surface area contributed by atoms with Crippen molar-refractivity contribution in [1.29, 1.82) is 0 Å². The maximum Gasteiger partial charge on any atom is 0.419 e. The van der Waals surface area contributed by atoms with Crippen molar-refractivity contribution in [3.63, 3.8) is 0 Å². The van der Waals surface area contributed by atoms with E-state index in [-0.39, 0.29) is 10.5 Å². The summed E-state index contributed by atoms with van der Waals surface area (Å²) >= 11 is 4.92. The van der Waals surface area contributed by atoms with Crippen LogP contribution >= 0.6 is 27.7 Å². The lowest BCUT2D eigenvalue weighted by Crippen LogP contribution is -2.44. The largest absolute Gasteiger partial charge is 0.419 e. The molecule has 1 aromatic heterocycles. The van der Waals surface area contributed by atoms with Crippen LogP contribution in [0.4, 0.5) is 5.69 Å². The van der Waals surface area contributed by atoms with Gasteiger partial charge in [-0.2, -0.15) is 16.5 Å². The number of carbonyl (C=O) groups is 1. The van der Waals surface area contributed by atoms with Crippen LogP contribution in [0.15, 0.2) is 55.0 Å². The van der Waals surface area contributed by atoms with Crippen LogP contribution in [0.5, 0.6) is 0 Å². The van der Waals surface area contributed by atoms with Crippen molar-refractivity contribution in [2.75, 3.05) is 17.3 Å². The van der Waals surface area contributed by atoms with Gasteiger partial charge in [-0.3, -0.25) is 9.36 Å². The third-order valence-electron chi connectivity index (χ3n) is 4.68. The Balaban J connectivity index is 1.86. The van der Waals surface area contributed by atoms with E-state index in [2.05, 4.69) is 26.0 Å². The quantitative estimate of drug-likeness (QED) is 0.465. The van der Waals surface area contributed by atoms with Crippen molar-refractivity contribution in [2.24, 2.45) is 7.05 Å². The smallest absolute Gasteiger partial charge is 0.408 e. The number of sulfonamides is 1. The number of benzene rings is 2. The van der Waals surface area contributed by atoms with Gasteiger partial charge in [0.1, 0.15) is 6.04 Å². The van der Waals surface area contributed by atoms with Crippen molar-refractivity contribution in [3.8, 4) is 0 Å². The van der Waals surface area contributed by atoms with Crippen molar-refractivity contribution in [2.45, 2.75) is 24.3 Å². The minimum Gasteiger partial charge on any atom is -0.408 e. The van der Waals surface area contributed by atoms with Crippen molar-refractivity contribution < 1.29 is 17.6 Å². The highest BCUT2D eigenvalue weighted by atomic mass is 79.9. The predicted molar refractivity (Wildman–Crippen MR) is 126 cm³/mol. The van der Waals surface area contributed by atoms with Gasteiger partial charge < -0.3 is 9.73 Å². The monoisotopic (exact) mass is 527 g/mol. The number of hydrogen-bond acceptors (Lipinski definition) is 6. The molecule has 0 spiro atoms. The summed E-state index contributed by atoms with van der Waals surface area (Å²) in [5.41, 5.74) is 2.21. The molecule has 31 heavy (non-hydrogen) atoms. The number of halogens is 1. The fraction of sp³-hybridized carbons (Fsp3) is 0.300. The summed E-state index contributed by atoms with van der Waals surface area (Å²) in [5.74, 6) is -0.463. The molecule has 11 heteroatoms. The van der Waals surface area contributed by atoms with Crippen molar-refractivity contribution in [1.82, 2.24) is 9.29 Å². The van der Waals surface area contributed by atoms with Gasteiger partial charge >= 0.3 is 5.76 Å². The fourth-order valence-corrected chi connectivity index (χ4v) is 5.27. The number of hydrogen-bond donors (Lipinski definition) is 2. The molecule has 0 fully saturated rings. The van der Waals surface area contributed by atoms with Crippen LogP contribution in [-0.4, -0.2) is 36.9 Å². The highest BCUT2D eigenvalue weighted by Gasteiger charge is 2.26. The van der Waals surface area contributed by atoms with Crippen LogP contribution in [0.1, 0.15) is 12.0 Å². The molecular weight excluding hydrogens is 506 g/mol. The molecule has 2 aromatic carbocycles. The zero-order valence-electron chi connectivity index (χ0n) is 17.1. The van der Waals surface area contributed by atoms with Gasteiger partial charge in [-0.25, -0.2) is 13.2 Å². The number of fused-ring (bicyclic) bond motifs is 1. The number of amides is 1. The first-order valence-corrected chi connectivity index (χ1v) is 13.0. The first kappa shape index (κ1) is 23.6. The molecule has 1 atom stereocenters. The van der Waals surface area contributed by atoms with Gasteiger partial charge in [0.25, 0.3) is 0 Å². The first-order chi connectivity index (χ1) is 14.6. The van der Waals surface area contributed by atoms with Crippen molar-refractivity contribution in [3.05, 3.63) is 57.0 Å². The Morgan fingerprint density at radius 2 is 2.00 bits per heavy atom. The summed E-state index contributed by atoms with van der Waals surface area (Å²) in [7, 11) is -2.51. The number of carbonyl (C=O) groups excluding carboxylic acids is 1. The van der Waals surface area contributed by atoms with E-state index in [0.29, 0.717) is 27.9 Å². The van der Waals surface area contributed by atoms with Gasteiger partial charge in [-0.05, 0) is 71.1 Å². The second-order valence-corrected chi connectivity index (χ2v) is 10.5. The molecule has 0 aliphatic carbocycles. The molecule has 0 saturated carbocycles. The van der Waals surface area contributed by atoms with Gasteiger partial charge in [0, 0.05) is 17.6 Å². The van der Waals surface area contributed by atoms with E-state index in [9.17, 15) is 18.0 Å². The summed E-state index contributed by atoms with van der Waals surface area (Å²) in [6, 6.07) is 8.63. The highest BCUT2D eigenvalue weighted by molar-refractivity contribution is 9.10. The standard InChI is InChI=1S/C20H22BrN3O5S2/c1-12-4-6-15(14(21)10-12)22-19(25)16(8-9-30-3)23-31(27,28)13-5-7-17-18(11-13)29-20(26)24(17)2/h4-7,10-11,16,23H,8-9H2,1-3H3,(H,22,25). The molecule has 0 aliphatic rings. The second-order valence-electron chi connectivity index (χ2n) is 6.98. The summed E-state index contributed by atoms with van der Waals surface area (Å²) in [5, 5.41) is 2.78. The second kappa shape index (κ2) is 9.60. The number of anilines is 1. The number of nitrogens with one attached hydrogen (secondary N) is 2. The molecule has 3 rings (SSSR count). The number of rotatable bonds is 8. The summed E-state index contributed by atoms with van der Waals surface area (Å²) in [6.45, 7) is 1.93. The van der Waals surface area contributed by atoms with E-state index < -0.39 is 27.7 Å². The lowest BCUT2D eigenvalue weighted by Gasteiger charge is -2.19. The van der Waals surface area contributed by atoms with Gasteiger partial charge in [-0.1, -0.05) is 6.07 Å². The number of oxazole rings is 1. The Kier molecular flexibility index (Phi) is 7.30. The van der Waals surface area contributed by atoms with Crippen LogP contribution in [0.25, 0.3) is 11.1 Å². The summed E-state index contributed by atoms with van der Waals surface area (Å²) < 4.78 is 35.5. The molecule has 0 bridgehead atoms. The zero-order chi connectivity index (χ0) is 22.8. The normalized spacial score (nSPS) is 12.8. The van der Waals surface area contributed by atoms with Crippen molar-refractivity contribution >= 4 is 60.4 Å². The maximum absolute atomic E-state index is 13.0. The van der Waals surface area contributed by atoms with E-state index in [1.165, 1.54) is 41.6 Å². The van der Waals surface area contributed by atoms with Crippen LogP contribution in [0, 0.1) is 6.92 Å². The molecule has 0 aliphatic heterocycles. The average molecular weight is 528 g/mol. The minimum atomic E-state index is -4.04. The Bertz CT molecular complexity index is 1280. The third kappa shape index (κ3) is 5.40. The number of nitrogens with zero attached hydrogens (tertiary/aromatic N) is 1. The molecule has 1 amide bonds. The Morgan fingerprint density at radius 3 is 2.68 bits per heavy atom. The fourth-order valence-electron chi connectivity index (χ4n) is 2.96. The van der Waals surface area contributed by atoms with E-state index >= 15 is 0 Å². The van der Waals surface area contributed by atoms with Gasteiger partial charge in [0.15, 0.2) is 5.58 Å². The van der Waals surface area contributed by atoms with E-state index in [1.54, 1.807) is 6.07 Å². The highest BCUT2D eigenvalue weighted by Crippen LogP contribution is 2.24. The van der Waals surface area contributed by atoms with Crippen LogP contribution < -0.4 is 15.8 Å². The zero-order valence-corrected chi connectivity index (χ0v) is 20.4. The molecular formula is C20H22BrN3O5S2. The molecule has 1 heterocycles. The Labute approximate surface area is 192 Å². The molecule has 166 valence electrons. The Hall–Kier alpha value is -2.08. The first-order valence-electron chi connectivity index (χ1n) is 9.30. The van der Waals surface area contributed by atoms with E-state index in [0.717, 1.165) is 5.56 Å². The number of thioether (sulfide) groups is 1. The predicted octanol–water partition coefficient (Wildman–Crippen LogP) is 3.24. The Morgan fingerprint density at radius 1 is 1.26 bits per heavy atom. The summed E-state index contributed by atoms with van der Waals surface area (Å²) in [4.78, 5) is 24.5. The minimum absolute atomic E-state index is 0.0900. The van der Waals surface area contributed by atoms with Gasteiger partial charge in [0.2, 0.25) is 15.9 Å². The lowest BCUT2D eigenvalue weighted by molar-refractivity contribution is -0.117. The molecule has 0 saturated heterocycles. The van der Waals surface area contributed by atoms with Gasteiger partial charge in [0.05, 0.1) is 16.1 Å². The van der Waals surface area contributed by atoms with Crippen LogP contribution in [0.2, 0.25) is 0 Å². The molecule has 1 unspecified atom stereocenters. The maximum atomic E-state index is 13.0. The van der Waals surface area contributed by atoms with Gasteiger partial charge in [-0.15, -0.1) is 0 Å². The van der Waals surface area contributed by atoms with Crippen LogP contribution in [0.3, 0.4) is 0 Å². The SMILES string of the molecule is CSCCC(NS(=O)(=O)c1ccc2c(c1)oc(=O)n2C)C(=O)Nc1ccc(C)cc1Br.